The van der Waals surface area contributed by atoms with Gasteiger partial charge in [0.25, 0.3) is 0 Å². The Labute approximate surface area is 227 Å². The van der Waals surface area contributed by atoms with Crippen molar-refractivity contribution in [2.75, 3.05) is 23.7 Å². The molecule has 0 aliphatic rings. The topological polar surface area (TPSA) is 86.8 Å². The molecule has 2 rings (SSSR count). The van der Waals surface area contributed by atoms with E-state index in [-0.39, 0.29) is 24.8 Å². The van der Waals surface area contributed by atoms with Crippen molar-refractivity contribution in [2.45, 2.75) is 72.4 Å². The molecule has 0 aliphatic carbocycles. The molecule has 0 aliphatic heterocycles. The zero-order valence-corrected chi connectivity index (χ0v) is 24.2. The average molecular weight is 550 g/mol. The average Bonchev–Trinajstić information content (AvgIpc) is 2.83. The monoisotopic (exact) mass is 549 g/mol. The summed E-state index contributed by atoms with van der Waals surface area (Å²) in [4.78, 5) is 28.2. The maximum atomic E-state index is 13.5. The molecule has 1 N–H and O–H groups in total. The molecule has 1 atom stereocenters. The maximum Gasteiger partial charge on any atom is 0.242 e. The summed E-state index contributed by atoms with van der Waals surface area (Å²) in [6.07, 6.45) is 3.87. The number of hydrogen-bond donors (Lipinski definition) is 1. The molecular formula is C28H40ClN3O4S. The Kier molecular flexibility index (Phi) is 11.9. The van der Waals surface area contributed by atoms with Crippen molar-refractivity contribution in [3.8, 4) is 0 Å². The molecule has 0 spiro atoms. The lowest BCUT2D eigenvalue weighted by Crippen LogP contribution is -2.49. The minimum atomic E-state index is -3.59. The van der Waals surface area contributed by atoms with E-state index in [0.717, 1.165) is 30.2 Å². The number of unbranched alkanes of at least 4 members (excludes halogenated alkanes) is 1. The highest BCUT2D eigenvalue weighted by Gasteiger charge is 2.29. The van der Waals surface area contributed by atoms with Gasteiger partial charge in [-0.2, -0.15) is 0 Å². The summed E-state index contributed by atoms with van der Waals surface area (Å²) in [5, 5.41) is 3.44. The summed E-state index contributed by atoms with van der Waals surface area (Å²) in [7, 11) is -3.59. The Balaban J connectivity index is 2.23. The number of anilines is 1. The molecule has 2 aromatic carbocycles. The van der Waals surface area contributed by atoms with Gasteiger partial charge in [0, 0.05) is 31.1 Å². The number of nitrogens with zero attached hydrogens (tertiary/aromatic N) is 2. The van der Waals surface area contributed by atoms with E-state index in [2.05, 4.69) is 12.2 Å². The minimum Gasteiger partial charge on any atom is -0.354 e. The lowest BCUT2D eigenvalue weighted by molar-refractivity contribution is -0.141. The Morgan fingerprint density at radius 2 is 1.76 bits per heavy atom. The summed E-state index contributed by atoms with van der Waals surface area (Å²) < 4.78 is 26.5. The van der Waals surface area contributed by atoms with Gasteiger partial charge < -0.3 is 10.2 Å². The molecule has 37 heavy (non-hydrogen) atoms. The van der Waals surface area contributed by atoms with Crippen LogP contribution >= 0.6 is 11.6 Å². The molecule has 2 aromatic rings. The maximum absolute atomic E-state index is 13.5. The molecule has 2 amide bonds. The number of nitrogens with one attached hydrogen (secondary N) is 1. The van der Waals surface area contributed by atoms with Crippen molar-refractivity contribution in [1.29, 1.82) is 0 Å². The first-order chi connectivity index (χ1) is 17.5. The molecule has 0 saturated heterocycles. The predicted octanol–water partition coefficient (Wildman–Crippen LogP) is 5.23. The third-order valence-corrected chi connectivity index (χ3v) is 7.90. The highest BCUT2D eigenvalue weighted by Crippen LogP contribution is 2.28. The van der Waals surface area contributed by atoms with Crippen LogP contribution in [0.4, 0.5) is 5.69 Å². The number of amides is 2. The van der Waals surface area contributed by atoms with Crippen LogP contribution in [0.2, 0.25) is 5.02 Å². The van der Waals surface area contributed by atoms with Crippen LogP contribution in [-0.4, -0.2) is 50.5 Å². The molecule has 7 nitrogen and oxygen atoms in total. The van der Waals surface area contributed by atoms with Crippen LogP contribution in [-0.2, 0) is 26.2 Å². The zero-order chi connectivity index (χ0) is 27.6. The van der Waals surface area contributed by atoms with Crippen molar-refractivity contribution in [2.24, 2.45) is 0 Å². The molecule has 0 aromatic heterocycles. The van der Waals surface area contributed by atoms with Gasteiger partial charge in [0.15, 0.2) is 0 Å². The summed E-state index contributed by atoms with van der Waals surface area (Å²) in [5.41, 5.74) is 3.18. The molecule has 0 saturated carbocycles. The standard InChI is InChI=1S/C28H40ClN3O4S/c1-6-8-17-30-28(34)25(7-2)31(20-23-13-9-12-21(3)19-23)27(33)16-11-18-32(37(5,35)36)26-15-10-14-24(29)22(26)4/h9-10,12-15,19,25H,6-8,11,16-18,20H2,1-5H3,(H,30,34)/t25-/m0/s1. The Bertz CT molecular complexity index is 1170. The molecule has 0 fully saturated rings. The highest BCUT2D eigenvalue weighted by atomic mass is 35.5. The second-order valence-electron chi connectivity index (χ2n) is 9.40. The van der Waals surface area contributed by atoms with Crippen LogP contribution in [0.5, 0.6) is 0 Å². The first-order valence-corrected chi connectivity index (χ1v) is 15.1. The summed E-state index contributed by atoms with van der Waals surface area (Å²) >= 11 is 6.23. The number of halogens is 1. The molecular weight excluding hydrogens is 510 g/mol. The molecule has 0 unspecified atom stereocenters. The fraction of sp³-hybridized carbons (Fsp3) is 0.500. The number of benzene rings is 2. The number of sulfonamides is 1. The second kappa shape index (κ2) is 14.4. The van der Waals surface area contributed by atoms with Crippen molar-refractivity contribution in [3.63, 3.8) is 0 Å². The largest absolute Gasteiger partial charge is 0.354 e. The van der Waals surface area contributed by atoms with E-state index in [1.54, 1.807) is 30.0 Å². The summed E-state index contributed by atoms with van der Waals surface area (Å²) in [6.45, 7) is 8.72. The van der Waals surface area contributed by atoms with Crippen molar-refractivity contribution in [3.05, 3.63) is 64.2 Å². The van der Waals surface area contributed by atoms with Gasteiger partial charge in [-0.1, -0.05) is 67.8 Å². The first-order valence-electron chi connectivity index (χ1n) is 12.8. The summed E-state index contributed by atoms with van der Waals surface area (Å²) in [6, 6.07) is 12.4. The first kappa shape index (κ1) is 30.6. The highest BCUT2D eigenvalue weighted by molar-refractivity contribution is 7.92. The van der Waals surface area contributed by atoms with Crippen LogP contribution in [0, 0.1) is 13.8 Å². The number of carbonyl (C=O) groups is 2. The van der Waals surface area contributed by atoms with E-state index in [9.17, 15) is 18.0 Å². The van der Waals surface area contributed by atoms with Gasteiger partial charge in [0.05, 0.1) is 11.9 Å². The molecule has 9 heteroatoms. The molecule has 0 radical (unpaired) electrons. The minimum absolute atomic E-state index is 0.107. The SMILES string of the molecule is CCCCNC(=O)[C@H](CC)N(Cc1cccc(C)c1)C(=O)CCCN(c1cccc(Cl)c1C)S(C)(=O)=O. The lowest BCUT2D eigenvalue weighted by Gasteiger charge is -2.31. The number of hydrogen-bond acceptors (Lipinski definition) is 4. The van der Waals surface area contributed by atoms with Crippen LogP contribution in [0.1, 0.15) is 62.6 Å². The van der Waals surface area contributed by atoms with E-state index in [4.69, 9.17) is 11.6 Å². The van der Waals surface area contributed by atoms with Crippen LogP contribution in [0.15, 0.2) is 42.5 Å². The van der Waals surface area contributed by atoms with Gasteiger partial charge in [-0.15, -0.1) is 0 Å². The van der Waals surface area contributed by atoms with E-state index < -0.39 is 16.1 Å². The van der Waals surface area contributed by atoms with Crippen LogP contribution in [0.25, 0.3) is 0 Å². The number of carbonyl (C=O) groups excluding carboxylic acids is 2. The van der Waals surface area contributed by atoms with Crippen molar-refractivity contribution < 1.29 is 18.0 Å². The van der Waals surface area contributed by atoms with E-state index in [0.29, 0.717) is 42.2 Å². The smallest absolute Gasteiger partial charge is 0.242 e. The van der Waals surface area contributed by atoms with Gasteiger partial charge in [0.2, 0.25) is 21.8 Å². The van der Waals surface area contributed by atoms with Gasteiger partial charge in [-0.05, 0) is 56.4 Å². The van der Waals surface area contributed by atoms with Gasteiger partial charge in [0.1, 0.15) is 6.04 Å². The Morgan fingerprint density at radius 1 is 1.05 bits per heavy atom. The lowest BCUT2D eigenvalue weighted by atomic mass is 10.1. The zero-order valence-electron chi connectivity index (χ0n) is 22.6. The third-order valence-electron chi connectivity index (χ3n) is 6.31. The number of aryl methyl sites for hydroxylation is 1. The third kappa shape index (κ3) is 9.04. The molecule has 0 heterocycles. The van der Waals surface area contributed by atoms with Crippen LogP contribution in [0.3, 0.4) is 0 Å². The fourth-order valence-corrected chi connectivity index (χ4v) is 5.47. The summed E-state index contributed by atoms with van der Waals surface area (Å²) in [5.74, 6) is -0.348. The van der Waals surface area contributed by atoms with Gasteiger partial charge in [-0.3, -0.25) is 13.9 Å². The Morgan fingerprint density at radius 3 is 2.38 bits per heavy atom. The predicted molar refractivity (Wildman–Crippen MR) is 151 cm³/mol. The molecule has 0 bridgehead atoms. The van der Waals surface area contributed by atoms with E-state index in [1.807, 2.05) is 38.1 Å². The second-order valence-corrected chi connectivity index (χ2v) is 11.7. The number of rotatable bonds is 14. The molecule has 204 valence electrons. The Hall–Kier alpha value is -2.58. The quantitative estimate of drug-likeness (QED) is 0.327. The van der Waals surface area contributed by atoms with E-state index in [1.165, 1.54) is 4.31 Å². The van der Waals surface area contributed by atoms with Crippen molar-refractivity contribution >= 4 is 39.1 Å². The van der Waals surface area contributed by atoms with E-state index >= 15 is 0 Å². The van der Waals surface area contributed by atoms with Crippen molar-refractivity contribution in [1.82, 2.24) is 10.2 Å². The van der Waals surface area contributed by atoms with Gasteiger partial charge >= 0.3 is 0 Å². The fourth-order valence-electron chi connectivity index (χ4n) is 4.28. The van der Waals surface area contributed by atoms with Crippen LogP contribution < -0.4 is 9.62 Å². The normalized spacial score (nSPS) is 12.2. The van der Waals surface area contributed by atoms with Gasteiger partial charge in [-0.25, -0.2) is 8.42 Å².